The molecule has 1 heterocycles. The normalized spacial score (nSPS) is 19.3. The molecule has 1 aromatic heterocycles. The number of hydrogen-bond acceptors (Lipinski definition) is 5. The van der Waals surface area contributed by atoms with Crippen LogP contribution in [0.3, 0.4) is 0 Å². The lowest BCUT2D eigenvalue weighted by Gasteiger charge is -2.28. The zero-order chi connectivity index (χ0) is 19.1. The average Bonchev–Trinajstić information content (AvgIpc) is 3.16. The number of hydrogen-bond donors (Lipinski definition) is 3. The van der Waals surface area contributed by atoms with Crippen molar-refractivity contribution < 1.29 is 14.3 Å². The van der Waals surface area contributed by atoms with Crippen molar-refractivity contribution in [2.24, 2.45) is 5.92 Å². The molecule has 1 aromatic carbocycles. The van der Waals surface area contributed by atoms with Gasteiger partial charge in [0.15, 0.2) is 0 Å². The SMILES string of the molecule is CCOC(=O)CNC(=O)C1CCCC(Nc2ncc(-c3ccccc3)[nH]2)C1. The lowest BCUT2D eigenvalue weighted by molar-refractivity contribution is -0.144. The second kappa shape index (κ2) is 9.21. The Morgan fingerprint density at radius 3 is 2.85 bits per heavy atom. The number of aromatic nitrogens is 2. The van der Waals surface area contributed by atoms with Gasteiger partial charge in [-0.05, 0) is 31.7 Å². The molecule has 2 atom stereocenters. The van der Waals surface area contributed by atoms with E-state index in [1.54, 1.807) is 6.92 Å². The van der Waals surface area contributed by atoms with E-state index in [4.69, 9.17) is 4.74 Å². The number of H-pyrrole nitrogens is 1. The van der Waals surface area contributed by atoms with Crippen LogP contribution in [0.25, 0.3) is 11.3 Å². The molecule has 0 spiro atoms. The van der Waals surface area contributed by atoms with Crippen molar-refractivity contribution in [3.63, 3.8) is 0 Å². The van der Waals surface area contributed by atoms with Crippen molar-refractivity contribution in [1.29, 1.82) is 0 Å². The van der Waals surface area contributed by atoms with E-state index in [2.05, 4.69) is 20.6 Å². The third-order valence-corrected chi connectivity index (χ3v) is 4.76. The summed E-state index contributed by atoms with van der Waals surface area (Å²) in [6.45, 7) is 1.99. The number of imidazole rings is 1. The summed E-state index contributed by atoms with van der Waals surface area (Å²) < 4.78 is 4.84. The highest BCUT2D eigenvalue weighted by Crippen LogP contribution is 2.27. The molecule has 1 amide bonds. The third kappa shape index (κ3) is 5.32. The van der Waals surface area contributed by atoms with Crippen LogP contribution in [0, 0.1) is 5.92 Å². The van der Waals surface area contributed by atoms with E-state index >= 15 is 0 Å². The molecule has 1 fully saturated rings. The van der Waals surface area contributed by atoms with Crippen LogP contribution in [-0.4, -0.2) is 41.0 Å². The van der Waals surface area contributed by atoms with Crippen LogP contribution in [-0.2, 0) is 14.3 Å². The highest BCUT2D eigenvalue weighted by molar-refractivity contribution is 5.83. The quantitative estimate of drug-likeness (QED) is 0.651. The summed E-state index contributed by atoms with van der Waals surface area (Å²) in [4.78, 5) is 31.4. The number of carbonyl (C=O) groups excluding carboxylic acids is 2. The number of carbonyl (C=O) groups is 2. The fraction of sp³-hybridized carbons (Fsp3) is 0.450. The Morgan fingerprint density at radius 1 is 1.26 bits per heavy atom. The molecule has 27 heavy (non-hydrogen) atoms. The molecule has 2 unspecified atom stereocenters. The van der Waals surface area contributed by atoms with Crippen LogP contribution in [0.5, 0.6) is 0 Å². The molecule has 1 aliphatic rings. The number of nitrogens with one attached hydrogen (secondary N) is 3. The van der Waals surface area contributed by atoms with E-state index in [1.807, 2.05) is 36.5 Å². The zero-order valence-electron chi connectivity index (χ0n) is 15.5. The van der Waals surface area contributed by atoms with E-state index in [0.717, 1.165) is 36.9 Å². The smallest absolute Gasteiger partial charge is 0.325 e. The van der Waals surface area contributed by atoms with Gasteiger partial charge in [0.2, 0.25) is 11.9 Å². The van der Waals surface area contributed by atoms with Crippen LogP contribution in [0.1, 0.15) is 32.6 Å². The summed E-state index contributed by atoms with van der Waals surface area (Å²) in [6, 6.07) is 10.2. The Bertz CT molecular complexity index is 760. The summed E-state index contributed by atoms with van der Waals surface area (Å²) in [5, 5.41) is 6.09. The minimum absolute atomic E-state index is 0.0696. The fourth-order valence-electron chi connectivity index (χ4n) is 3.43. The monoisotopic (exact) mass is 370 g/mol. The van der Waals surface area contributed by atoms with E-state index in [9.17, 15) is 9.59 Å². The second-order valence-corrected chi connectivity index (χ2v) is 6.74. The molecule has 0 bridgehead atoms. The Balaban J connectivity index is 1.52. The number of ether oxygens (including phenoxy) is 1. The van der Waals surface area contributed by atoms with E-state index in [1.165, 1.54) is 0 Å². The van der Waals surface area contributed by atoms with Crippen LogP contribution >= 0.6 is 0 Å². The van der Waals surface area contributed by atoms with E-state index < -0.39 is 5.97 Å². The number of benzene rings is 1. The molecule has 1 aliphatic carbocycles. The molecular weight excluding hydrogens is 344 g/mol. The van der Waals surface area contributed by atoms with Gasteiger partial charge in [-0.2, -0.15) is 0 Å². The van der Waals surface area contributed by atoms with Crippen molar-refractivity contribution >= 4 is 17.8 Å². The van der Waals surface area contributed by atoms with Gasteiger partial charge in [0.25, 0.3) is 0 Å². The number of amides is 1. The Kier molecular flexibility index (Phi) is 6.46. The number of rotatable bonds is 7. The average molecular weight is 370 g/mol. The molecule has 1 saturated carbocycles. The predicted octanol–water partition coefficient (Wildman–Crippen LogP) is 2.73. The molecule has 7 heteroatoms. The minimum atomic E-state index is -0.402. The van der Waals surface area contributed by atoms with Crippen LogP contribution in [0.4, 0.5) is 5.95 Å². The molecule has 3 rings (SSSR count). The van der Waals surface area contributed by atoms with Crippen molar-refractivity contribution in [1.82, 2.24) is 15.3 Å². The van der Waals surface area contributed by atoms with Gasteiger partial charge in [-0.3, -0.25) is 9.59 Å². The van der Waals surface area contributed by atoms with Crippen molar-refractivity contribution in [2.75, 3.05) is 18.5 Å². The van der Waals surface area contributed by atoms with Gasteiger partial charge >= 0.3 is 5.97 Å². The number of esters is 1. The standard InChI is InChI=1S/C20H26N4O3/c1-2-27-18(25)13-21-19(26)15-9-6-10-16(11-15)23-20-22-12-17(24-20)14-7-4-3-5-8-14/h3-5,7-8,12,15-16H,2,6,9-11,13H2,1H3,(H,21,26)(H2,22,23,24). The molecular formula is C20H26N4O3. The van der Waals surface area contributed by atoms with Crippen molar-refractivity contribution in [3.8, 4) is 11.3 Å². The first-order valence-corrected chi connectivity index (χ1v) is 9.46. The lowest BCUT2D eigenvalue weighted by Crippen LogP contribution is -2.39. The first-order valence-electron chi connectivity index (χ1n) is 9.46. The highest BCUT2D eigenvalue weighted by Gasteiger charge is 2.28. The first kappa shape index (κ1) is 18.9. The fourth-order valence-corrected chi connectivity index (χ4v) is 3.43. The zero-order valence-corrected chi connectivity index (χ0v) is 15.5. The summed E-state index contributed by atoms with van der Waals surface area (Å²) in [6.07, 6.45) is 5.31. The molecule has 7 nitrogen and oxygen atoms in total. The maximum absolute atomic E-state index is 12.3. The molecule has 3 N–H and O–H groups in total. The van der Waals surface area contributed by atoms with Crippen LogP contribution < -0.4 is 10.6 Å². The largest absolute Gasteiger partial charge is 0.465 e. The Hall–Kier alpha value is -2.83. The third-order valence-electron chi connectivity index (χ3n) is 4.76. The van der Waals surface area contributed by atoms with Crippen molar-refractivity contribution in [3.05, 3.63) is 36.5 Å². The van der Waals surface area contributed by atoms with Gasteiger partial charge < -0.3 is 20.4 Å². The molecule has 144 valence electrons. The summed E-state index contributed by atoms with van der Waals surface area (Å²) in [5.74, 6) is 0.125. The number of aromatic amines is 1. The first-order chi connectivity index (χ1) is 13.2. The molecule has 0 aliphatic heterocycles. The topological polar surface area (TPSA) is 96.1 Å². The lowest BCUT2D eigenvalue weighted by atomic mass is 9.85. The highest BCUT2D eigenvalue weighted by atomic mass is 16.5. The molecule has 0 saturated heterocycles. The van der Waals surface area contributed by atoms with Gasteiger partial charge in [0.05, 0.1) is 18.5 Å². The summed E-state index contributed by atoms with van der Waals surface area (Å²) >= 11 is 0. The second-order valence-electron chi connectivity index (χ2n) is 6.74. The van der Waals surface area contributed by atoms with Crippen LogP contribution in [0.15, 0.2) is 36.5 Å². The Morgan fingerprint density at radius 2 is 2.07 bits per heavy atom. The minimum Gasteiger partial charge on any atom is -0.465 e. The number of nitrogens with zero attached hydrogens (tertiary/aromatic N) is 1. The van der Waals surface area contributed by atoms with Gasteiger partial charge in [-0.25, -0.2) is 4.98 Å². The summed E-state index contributed by atoms with van der Waals surface area (Å²) in [7, 11) is 0. The van der Waals surface area contributed by atoms with Gasteiger partial charge in [-0.1, -0.05) is 36.8 Å². The summed E-state index contributed by atoms with van der Waals surface area (Å²) in [5.41, 5.74) is 2.04. The van der Waals surface area contributed by atoms with Crippen LogP contribution in [0.2, 0.25) is 0 Å². The molecule has 2 aromatic rings. The van der Waals surface area contributed by atoms with Crippen molar-refractivity contribution in [2.45, 2.75) is 38.6 Å². The maximum atomic E-state index is 12.3. The van der Waals surface area contributed by atoms with E-state index in [0.29, 0.717) is 12.6 Å². The Labute approximate surface area is 158 Å². The predicted molar refractivity (Wildman–Crippen MR) is 103 cm³/mol. The van der Waals surface area contributed by atoms with Gasteiger partial charge in [0.1, 0.15) is 6.54 Å². The number of anilines is 1. The maximum Gasteiger partial charge on any atom is 0.325 e. The van der Waals surface area contributed by atoms with Gasteiger partial charge in [-0.15, -0.1) is 0 Å². The van der Waals surface area contributed by atoms with E-state index in [-0.39, 0.29) is 24.4 Å². The molecule has 0 radical (unpaired) electrons. The van der Waals surface area contributed by atoms with Gasteiger partial charge in [0, 0.05) is 12.0 Å².